The molecular weight excluding hydrogens is 290 g/mol. The summed E-state index contributed by atoms with van der Waals surface area (Å²) in [6, 6.07) is 26.5. The number of allylic oxidation sites excluding steroid dienone is 1. The van der Waals surface area contributed by atoms with E-state index in [2.05, 4.69) is 111 Å². The summed E-state index contributed by atoms with van der Waals surface area (Å²) in [6.07, 6.45) is 4.45. The van der Waals surface area contributed by atoms with Gasteiger partial charge in [-0.25, -0.2) is 0 Å². The molecule has 24 heavy (non-hydrogen) atoms. The first kappa shape index (κ1) is 16.5. The van der Waals surface area contributed by atoms with Crippen LogP contribution < -0.4 is 0 Å². The van der Waals surface area contributed by atoms with E-state index in [0.717, 1.165) is 0 Å². The van der Waals surface area contributed by atoms with Gasteiger partial charge in [-0.3, -0.25) is 4.90 Å². The highest BCUT2D eigenvalue weighted by Crippen LogP contribution is 2.33. The van der Waals surface area contributed by atoms with Gasteiger partial charge in [0.05, 0.1) is 6.04 Å². The van der Waals surface area contributed by atoms with Gasteiger partial charge >= 0.3 is 0 Å². The Kier molecular flexibility index (Phi) is 5.12. The lowest BCUT2D eigenvalue weighted by Gasteiger charge is -2.32. The van der Waals surface area contributed by atoms with E-state index in [1.54, 1.807) is 0 Å². The number of benzene rings is 3. The molecule has 1 nitrogen and oxygen atoms in total. The first-order chi connectivity index (χ1) is 11.7. The largest absolute Gasteiger partial charge is 0.289 e. The molecule has 1 heteroatoms. The fourth-order valence-electron chi connectivity index (χ4n) is 3.36. The minimum atomic E-state index is 0.247. The fraction of sp³-hybridized carbons (Fsp3) is 0.217. The Morgan fingerprint density at radius 3 is 2.25 bits per heavy atom. The maximum atomic E-state index is 2.44. The second-order valence-electron chi connectivity index (χ2n) is 6.29. The van der Waals surface area contributed by atoms with E-state index in [0.29, 0.717) is 6.04 Å². The van der Waals surface area contributed by atoms with Crippen molar-refractivity contribution >= 4 is 10.8 Å². The molecule has 0 heterocycles. The van der Waals surface area contributed by atoms with Crippen molar-refractivity contribution in [2.75, 3.05) is 7.05 Å². The van der Waals surface area contributed by atoms with E-state index in [-0.39, 0.29) is 6.04 Å². The van der Waals surface area contributed by atoms with Crippen LogP contribution in [0.4, 0.5) is 0 Å². The lowest BCUT2D eigenvalue weighted by Crippen LogP contribution is -2.26. The molecule has 0 aliphatic heterocycles. The van der Waals surface area contributed by atoms with Crippen LogP contribution in [0.25, 0.3) is 10.8 Å². The van der Waals surface area contributed by atoms with Crippen LogP contribution in [0.5, 0.6) is 0 Å². The monoisotopic (exact) mass is 315 g/mol. The second kappa shape index (κ2) is 7.46. The van der Waals surface area contributed by atoms with Crippen molar-refractivity contribution in [2.45, 2.75) is 25.9 Å². The van der Waals surface area contributed by atoms with E-state index in [1.807, 2.05) is 0 Å². The summed E-state index contributed by atoms with van der Waals surface area (Å²) in [6.45, 7) is 4.37. The van der Waals surface area contributed by atoms with Crippen molar-refractivity contribution < 1.29 is 0 Å². The molecule has 3 aromatic carbocycles. The van der Waals surface area contributed by atoms with Crippen LogP contribution in [-0.2, 0) is 0 Å². The van der Waals surface area contributed by atoms with Crippen molar-refractivity contribution in [1.29, 1.82) is 0 Å². The van der Waals surface area contributed by atoms with E-state index in [1.165, 1.54) is 21.9 Å². The molecule has 0 spiro atoms. The predicted molar refractivity (Wildman–Crippen MR) is 104 cm³/mol. The zero-order valence-corrected chi connectivity index (χ0v) is 14.7. The van der Waals surface area contributed by atoms with Crippen LogP contribution in [0.2, 0.25) is 0 Å². The van der Waals surface area contributed by atoms with Crippen molar-refractivity contribution in [3.05, 3.63) is 96.1 Å². The molecular formula is C23H25N. The van der Waals surface area contributed by atoms with Crippen molar-refractivity contribution in [2.24, 2.45) is 0 Å². The summed E-state index contributed by atoms with van der Waals surface area (Å²) < 4.78 is 0. The third-order valence-electron chi connectivity index (χ3n) is 4.85. The van der Waals surface area contributed by atoms with E-state index in [9.17, 15) is 0 Å². The number of fused-ring (bicyclic) bond motifs is 1. The van der Waals surface area contributed by atoms with Crippen LogP contribution >= 0.6 is 0 Å². The molecule has 0 aromatic heterocycles. The van der Waals surface area contributed by atoms with Gasteiger partial charge in [0.1, 0.15) is 0 Å². The summed E-state index contributed by atoms with van der Waals surface area (Å²) in [7, 11) is 2.21. The predicted octanol–water partition coefficient (Wildman–Crippen LogP) is 6.15. The first-order valence-corrected chi connectivity index (χ1v) is 8.59. The lowest BCUT2D eigenvalue weighted by molar-refractivity contribution is 0.220. The molecule has 0 radical (unpaired) electrons. The molecule has 0 aliphatic rings. The SMILES string of the molecule is C/C=C/C(c1cccc2ccccc12)N(C)C(C)c1ccccc1. The molecule has 0 fully saturated rings. The van der Waals surface area contributed by atoms with E-state index in [4.69, 9.17) is 0 Å². The average molecular weight is 315 g/mol. The summed E-state index contributed by atoms with van der Waals surface area (Å²) in [5, 5.41) is 2.63. The van der Waals surface area contributed by atoms with Gasteiger partial charge in [-0.2, -0.15) is 0 Å². The number of likely N-dealkylation sites (N-methyl/N-ethyl adjacent to an activating group) is 1. The number of rotatable bonds is 5. The van der Waals surface area contributed by atoms with Gasteiger partial charge in [-0.1, -0.05) is 84.9 Å². The molecule has 2 atom stereocenters. The van der Waals surface area contributed by atoms with Crippen molar-refractivity contribution in [3.63, 3.8) is 0 Å². The highest BCUT2D eigenvalue weighted by molar-refractivity contribution is 5.86. The Labute approximate surface area is 145 Å². The van der Waals surface area contributed by atoms with E-state index < -0.39 is 0 Å². The maximum absolute atomic E-state index is 2.44. The normalized spacial score (nSPS) is 14.3. The molecule has 0 saturated carbocycles. The first-order valence-electron chi connectivity index (χ1n) is 8.59. The van der Waals surface area contributed by atoms with Crippen molar-refractivity contribution in [1.82, 2.24) is 4.90 Å². The molecule has 0 N–H and O–H groups in total. The molecule has 0 amide bonds. The zero-order chi connectivity index (χ0) is 16.9. The minimum absolute atomic E-state index is 0.247. The summed E-state index contributed by atoms with van der Waals surface area (Å²) in [4.78, 5) is 2.44. The quantitative estimate of drug-likeness (QED) is 0.510. The third-order valence-corrected chi connectivity index (χ3v) is 4.85. The Balaban J connectivity index is 2.03. The molecule has 3 aromatic rings. The summed E-state index contributed by atoms with van der Waals surface area (Å²) in [5.41, 5.74) is 2.70. The minimum Gasteiger partial charge on any atom is -0.289 e. The number of hydrogen-bond acceptors (Lipinski definition) is 1. The molecule has 0 aliphatic carbocycles. The Morgan fingerprint density at radius 1 is 0.833 bits per heavy atom. The third kappa shape index (κ3) is 3.27. The van der Waals surface area contributed by atoms with Gasteiger partial charge in [0.25, 0.3) is 0 Å². The number of nitrogens with zero attached hydrogens (tertiary/aromatic N) is 1. The maximum Gasteiger partial charge on any atom is 0.0540 e. The van der Waals surface area contributed by atoms with Gasteiger partial charge in [0.2, 0.25) is 0 Å². The van der Waals surface area contributed by atoms with Gasteiger partial charge < -0.3 is 0 Å². The molecule has 122 valence electrons. The van der Waals surface area contributed by atoms with Crippen LogP contribution in [0, 0.1) is 0 Å². The van der Waals surface area contributed by atoms with Crippen LogP contribution in [-0.4, -0.2) is 11.9 Å². The molecule has 0 bridgehead atoms. The second-order valence-corrected chi connectivity index (χ2v) is 6.29. The summed E-state index contributed by atoms with van der Waals surface area (Å²) in [5.74, 6) is 0. The average Bonchev–Trinajstić information content (AvgIpc) is 2.65. The van der Waals surface area contributed by atoms with Gasteiger partial charge in [0.15, 0.2) is 0 Å². The van der Waals surface area contributed by atoms with E-state index >= 15 is 0 Å². The standard InChI is InChI=1S/C23H25N/c1-4-11-23(24(3)18(2)19-12-6-5-7-13-19)22-17-10-15-20-14-8-9-16-21(20)22/h4-18,23H,1-3H3/b11-4+. The molecule has 2 unspecified atom stereocenters. The fourth-order valence-corrected chi connectivity index (χ4v) is 3.36. The zero-order valence-electron chi connectivity index (χ0n) is 14.7. The van der Waals surface area contributed by atoms with Crippen LogP contribution in [0.1, 0.15) is 37.1 Å². The van der Waals surface area contributed by atoms with Gasteiger partial charge in [-0.05, 0) is 42.8 Å². The molecule has 0 saturated heterocycles. The smallest absolute Gasteiger partial charge is 0.0540 e. The van der Waals surface area contributed by atoms with Crippen LogP contribution in [0.15, 0.2) is 84.9 Å². The Morgan fingerprint density at radius 2 is 1.50 bits per heavy atom. The number of hydrogen-bond donors (Lipinski definition) is 0. The highest BCUT2D eigenvalue weighted by atomic mass is 15.2. The van der Waals surface area contributed by atoms with Crippen LogP contribution in [0.3, 0.4) is 0 Å². The highest BCUT2D eigenvalue weighted by Gasteiger charge is 2.21. The van der Waals surface area contributed by atoms with Gasteiger partial charge in [0, 0.05) is 6.04 Å². The topological polar surface area (TPSA) is 3.24 Å². The summed E-state index contributed by atoms with van der Waals surface area (Å²) >= 11 is 0. The Hall–Kier alpha value is -2.38. The van der Waals surface area contributed by atoms with Gasteiger partial charge in [-0.15, -0.1) is 0 Å². The Bertz CT molecular complexity index is 814. The van der Waals surface area contributed by atoms with Crippen molar-refractivity contribution in [3.8, 4) is 0 Å². The molecule has 3 rings (SSSR count). The lowest BCUT2D eigenvalue weighted by atomic mass is 9.95.